The maximum atomic E-state index is 8.90. The lowest BCUT2D eigenvalue weighted by molar-refractivity contribution is 0.480. The Labute approximate surface area is 170 Å². The third-order valence-electron chi connectivity index (χ3n) is 5.17. The molecule has 0 spiro atoms. The summed E-state index contributed by atoms with van der Waals surface area (Å²) >= 11 is 6.06. The van der Waals surface area contributed by atoms with E-state index in [0.29, 0.717) is 24.9 Å². The van der Waals surface area contributed by atoms with Crippen molar-refractivity contribution in [2.75, 3.05) is 0 Å². The van der Waals surface area contributed by atoms with Gasteiger partial charge in [-0.1, -0.05) is 54.1 Å². The summed E-state index contributed by atoms with van der Waals surface area (Å²) in [5.74, 6) is 0.676. The molecule has 0 saturated heterocycles. The molecule has 0 amide bonds. The lowest BCUT2D eigenvalue weighted by Crippen LogP contribution is -2.22. The summed E-state index contributed by atoms with van der Waals surface area (Å²) in [4.78, 5) is 0. The number of nitrogens with one attached hydrogen (secondary N) is 1. The SMILES string of the molecule is N#CCCn1cc(CNC(c2ccc(Cl)cc2)C2CC2)c(-c2ccccc2)n1. The Morgan fingerprint density at radius 1 is 1.14 bits per heavy atom. The number of aryl methyl sites for hydroxylation is 1. The highest BCUT2D eigenvalue weighted by Crippen LogP contribution is 2.41. The molecule has 1 fully saturated rings. The van der Waals surface area contributed by atoms with Gasteiger partial charge < -0.3 is 5.32 Å². The summed E-state index contributed by atoms with van der Waals surface area (Å²) < 4.78 is 1.89. The van der Waals surface area contributed by atoms with Crippen molar-refractivity contribution in [3.63, 3.8) is 0 Å². The number of hydrogen-bond donors (Lipinski definition) is 1. The summed E-state index contributed by atoms with van der Waals surface area (Å²) in [5, 5.41) is 18.2. The van der Waals surface area contributed by atoms with Crippen LogP contribution in [0.3, 0.4) is 0 Å². The molecule has 1 saturated carbocycles. The first-order valence-electron chi connectivity index (χ1n) is 9.72. The van der Waals surface area contributed by atoms with Gasteiger partial charge in [0, 0.05) is 34.9 Å². The first kappa shape index (κ1) is 18.7. The monoisotopic (exact) mass is 390 g/mol. The molecule has 1 aromatic heterocycles. The molecule has 28 heavy (non-hydrogen) atoms. The maximum absolute atomic E-state index is 8.90. The van der Waals surface area contributed by atoms with Crippen LogP contribution in [-0.4, -0.2) is 9.78 Å². The summed E-state index contributed by atoms with van der Waals surface area (Å²) in [6, 6.07) is 20.9. The van der Waals surface area contributed by atoms with Crippen molar-refractivity contribution in [3.05, 3.63) is 76.9 Å². The van der Waals surface area contributed by atoms with Gasteiger partial charge in [0.1, 0.15) is 0 Å². The molecular formula is C23H23ClN4. The van der Waals surface area contributed by atoms with Gasteiger partial charge in [-0.25, -0.2) is 0 Å². The van der Waals surface area contributed by atoms with Gasteiger partial charge in [0.05, 0.1) is 24.7 Å². The summed E-state index contributed by atoms with van der Waals surface area (Å²) in [7, 11) is 0. The van der Waals surface area contributed by atoms with Gasteiger partial charge >= 0.3 is 0 Å². The van der Waals surface area contributed by atoms with Crippen LogP contribution in [0.4, 0.5) is 0 Å². The zero-order valence-electron chi connectivity index (χ0n) is 15.7. The number of halogens is 1. The van der Waals surface area contributed by atoms with Crippen molar-refractivity contribution in [1.29, 1.82) is 5.26 Å². The highest BCUT2D eigenvalue weighted by atomic mass is 35.5. The first-order valence-corrected chi connectivity index (χ1v) is 10.1. The van der Waals surface area contributed by atoms with Crippen LogP contribution in [0.15, 0.2) is 60.8 Å². The Balaban J connectivity index is 1.56. The number of nitrogens with zero attached hydrogens (tertiary/aromatic N) is 3. The second-order valence-corrected chi connectivity index (χ2v) is 7.72. The fourth-order valence-corrected chi connectivity index (χ4v) is 3.71. The Bertz CT molecular complexity index is 953. The van der Waals surface area contributed by atoms with Gasteiger partial charge in [0.2, 0.25) is 0 Å². The highest BCUT2D eigenvalue weighted by Gasteiger charge is 2.32. The topological polar surface area (TPSA) is 53.6 Å². The molecule has 142 valence electrons. The zero-order valence-corrected chi connectivity index (χ0v) is 16.4. The smallest absolute Gasteiger partial charge is 0.0968 e. The second-order valence-electron chi connectivity index (χ2n) is 7.29. The normalized spacial score (nSPS) is 14.6. The van der Waals surface area contributed by atoms with Crippen molar-refractivity contribution >= 4 is 11.6 Å². The molecule has 1 aliphatic carbocycles. The van der Waals surface area contributed by atoms with Gasteiger partial charge in [-0.3, -0.25) is 4.68 Å². The van der Waals surface area contributed by atoms with E-state index in [1.54, 1.807) is 0 Å². The van der Waals surface area contributed by atoms with Gasteiger partial charge in [-0.15, -0.1) is 0 Å². The molecule has 2 aromatic carbocycles. The van der Waals surface area contributed by atoms with E-state index >= 15 is 0 Å². The lowest BCUT2D eigenvalue weighted by atomic mass is 10.0. The predicted molar refractivity (Wildman–Crippen MR) is 112 cm³/mol. The van der Waals surface area contributed by atoms with E-state index in [-0.39, 0.29) is 0 Å². The van der Waals surface area contributed by atoms with Crippen molar-refractivity contribution in [2.45, 2.75) is 38.4 Å². The standard InChI is InChI=1S/C23H23ClN4/c24-21-11-9-19(10-12-21)22(18-7-8-18)26-15-20-16-28(14-4-13-25)27-23(20)17-5-2-1-3-6-17/h1-3,5-6,9-12,16,18,22,26H,4,7-8,14-15H2. The zero-order chi connectivity index (χ0) is 19.3. The number of hydrogen-bond acceptors (Lipinski definition) is 3. The van der Waals surface area contributed by atoms with Gasteiger partial charge in [0.15, 0.2) is 0 Å². The number of nitriles is 1. The molecule has 1 heterocycles. The van der Waals surface area contributed by atoms with Crippen LogP contribution in [0.1, 0.15) is 36.4 Å². The average Bonchev–Trinajstić information content (AvgIpc) is 3.48. The predicted octanol–water partition coefficient (Wildman–Crippen LogP) is 5.36. The van der Waals surface area contributed by atoms with Crippen LogP contribution in [0, 0.1) is 17.2 Å². The Morgan fingerprint density at radius 2 is 1.89 bits per heavy atom. The van der Waals surface area contributed by atoms with Crippen LogP contribution >= 0.6 is 11.6 Å². The van der Waals surface area contributed by atoms with Crippen LogP contribution in [0.5, 0.6) is 0 Å². The molecule has 3 aromatic rings. The molecule has 1 N–H and O–H groups in total. The minimum absolute atomic E-state index is 0.323. The number of rotatable bonds is 8. The third-order valence-corrected chi connectivity index (χ3v) is 5.42. The molecule has 1 unspecified atom stereocenters. The molecule has 4 nitrogen and oxygen atoms in total. The average molecular weight is 391 g/mol. The van der Waals surface area contributed by atoms with E-state index in [1.165, 1.54) is 18.4 Å². The minimum atomic E-state index is 0.323. The van der Waals surface area contributed by atoms with Gasteiger partial charge in [0.25, 0.3) is 0 Å². The van der Waals surface area contributed by atoms with Crippen molar-refractivity contribution in [3.8, 4) is 17.3 Å². The Morgan fingerprint density at radius 3 is 2.57 bits per heavy atom. The van der Waals surface area contributed by atoms with E-state index in [1.807, 2.05) is 35.0 Å². The fraction of sp³-hybridized carbons (Fsp3) is 0.304. The quantitative estimate of drug-likeness (QED) is 0.563. The summed E-state index contributed by atoms with van der Waals surface area (Å²) in [6.07, 6.45) is 5.04. The molecule has 0 bridgehead atoms. The molecule has 5 heteroatoms. The number of benzene rings is 2. The van der Waals surface area contributed by atoms with Gasteiger partial charge in [-0.05, 0) is 36.5 Å². The van der Waals surface area contributed by atoms with Crippen LogP contribution < -0.4 is 5.32 Å². The van der Waals surface area contributed by atoms with Crippen molar-refractivity contribution in [2.24, 2.45) is 5.92 Å². The Hall–Kier alpha value is -2.61. The lowest BCUT2D eigenvalue weighted by Gasteiger charge is -2.19. The van der Waals surface area contributed by atoms with E-state index in [0.717, 1.165) is 28.4 Å². The van der Waals surface area contributed by atoms with Crippen LogP contribution in [0.25, 0.3) is 11.3 Å². The fourth-order valence-electron chi connectivity index (χ4n) is 3.59. The van der Waals surface area contributed by atoms with Gasteiger partial charge in [-0.2, -0.15) is 10.4 Å². The summed E-state index contributed by atoms with van der Waals surface area (Å²) in [5.41, 5.74) is 4.52. The first-order chi connectivity index (χ1) is 13.7. The van der Waals surface area contributed by atoms with Crippen molar-refractivity contribution in [1.82, 2.24) is 15.1 Å². The minimum Gasteiger partial charge on any atom is -0.305 e. The highest BCUT2D eigenvalue weighted by molar-refractivity contribution is 6.30. The van der Waals surface area contributed by atoms with E-state index in [9.17, 15) is 0 Å². The number of aromatic nitrogens is 2. The van der Waals surface area contributed by atoms with Crippen molar-refractivity contribution < 1.29 is 0 Å². The largest absolute Gasteiger partial charge is 0.305 e. The maximum Gasteiger partial charge on any atom is 0.0968 e. The molecular weight excluding hydrogens is 368 g/mol. The van der Waals surface area contributed by atoms with E-state index < -0.39 is 0 Å². The van der Waals surface area contributed by atoms with Crippen LogP contribution in [-0.2, 0) is 13.1 Å². The molecule has 1 atom stereocenters. The molecule has 4 rings (SSSR count). The second kappa shape index (κ2) is 8.60. The third kappa shape index (κ3) is 4.44. The summed E-state index contributed by atoms with van der Waals surface area (Å²) in [6.45, 7) is 1.35. The van der Waals surface area contributed by atoms with E-state index in [4.69, 9.17) is 22.0 Å². The van der Waals surface area contributed by atoms with E-state index in [2.05, 4.69) is 41.8 Å². The molecule has 0 aliphatic heterocycles. The Kier molecular flexibility index (Phi) is 5.76. The molecule has 0 radical (unpaired) electrons. The molecule has 1 aliphatic rings. The van der Waals surface area contributed by atoms with Crippen LogP contribution in [0.2, 0.25) is 5.02 Å².